The molecule has 0 aromatic heterocycles. The minimum Gasteiger partial charge on any atom is -0.491 e. The van der Waals surface area contributed by atoms with Gasteiger partial charge >= 0.3 is 0 Å². The van der Waals surface area contributed by atoms with Crippen molar-refractivity contribution in [1.29, 1.82) is 0 Å². The van der Waals surface area contributed by atoms with Gasteiger partial charge in [-0.15, -0.1) is 0 Å². The third kappa shape index (κ3) is 14.2. The fraction of sp³-hybridized carbons (Fsp3) is 0.200. The van der Waals surface area contributed by atoms with Crippen molar-refractivity contribution in [2.24, 2.45) is 5.41 Å². The molecule has 0 fully saturated rings. The first kappa shape index (κ1) is 49.6. The largest absolute Gasteiger partial charge is 0.491 e. The Kier molecular flexibility index (Phi) is 18.5. The number of aliphatic hydroxyl groups is 2. The van der Waals surface area contributed by atoms with E-state index in [9.17, 15) is 46.1 Å². The third-order valence-electron chi connectivity index (χ3n) is 7.88. The molecule has 5 rings (SSSR count). The maximum atomic E-state index is 14.6. The highest BCUT2D eigenvalue weighted by Crippen LogP contribution is 2.34. The van der Waals surface area contributed by atoms with Crippen LogP contribution in [0.2, 0.25) is 10.0 Å². The molecule has 0 saturated carbocycles. The van der Waals surface area contributed by atoms with Gasteiger partial charge in [0.1, 0.15) is 36.7 Å². The van der Waals surface area contributed by atoms with Crippen LogP contribution in [0.3, 0.4) is 0 Å². The molecule has 0 saturated heterocycles. The first-order valence-corrected chi connectivity index (χ1v) is 20.3. The Bertz CT molecular complexity index is 2360. The summed E-state index contributed by atoms with van der Waals surface area (Å²) in [7, 11) is 0. The second-order valence-electron chi connectivity index (χ2n) is 13.4. The third-order valence-corrected chi connectivity index (χ3v) is 9.77. The van der Waals surface area contributed by atoms with Crippen LogP contribution in [0.1, 0.15) is 34.6 Å². The number of amides is 2. The van der Waals surface area contributed by atoms with Crippen LogP contribution in [-0.2, 0) is 9.68 Å². The molecule has 0 aliphatic carbocycles. The average molecular weight is 1120 g/mol. The molecule has 0 bridgehead atoms. The molecule has 1 unspecified atom stereocenters. The van der Waals surface area contributed by atoms with E-state index in [1.807, 2.05) is 56.7 Å². The number of para-hydroxylation sites is 1. The minimum atomic E-state index is -1.47. The zero-order chi connectivity index (χ0) is 45.0. The first-order valence-electron chi connectivity index (χ1n) is 17.4. The fourth-order valence-corrected chi connectivity index (χ4v) is 5.95. The molecule has 6 N–H and O–H groups in total. The van der Waals surface area contributed by atoms with Crippen molar-refractivity contribution in [2.45, 2.75) is 20.0 Å². The van der Waals surface area contributed by atoms with Crippen LogP contribution in [0.5, 0.6) is 5.75 Å². The second kappa shape index (κ2) is 22.8. The number of ether oxygens (including phenoxy) is 1. The number of anilines is 4. The van der Waals surface area contributed by atoms with Crippen LogP contribution in [0, 0.1) is 47.5 Å². The van der Waals surface area contributed by atoms with Gasteiger partial charge in [-0.05, 0) is 106 Å². The SMILES string of the molecule is CC(C)(CO)CONC(=O)c1cc(Cl)c(F)c(F)c1Nc1ccc(I)cc1F.O=C(NOCC(O)COc1ccccc1)c1cc(Cl)c(F)c(F)c1Nc1ccc(I)cc1F. The Morgan fingerprint density at radius 2 is 1.15 bits per heavy atom. The molecule has 61 heavy (non-hydrogen) atoms. The summed E-state index contributed by atoms with van der Waals surface area (Å²) in [6.07, 6.45) is -1.10. The van der Waals surface area contributed by atoms with Crippen molar-refractivity contribution in [3.8, 4) is 5.75 Å². The lowest BCUT2D eigenvalue weighted by atomic mass is 9.97. The molecule has 5 aromatic rings. The van der Waals surface area contributed by atoms with Gasteiger partial charge in [0.2, 0.25) is 0 Å². The van der Waals surface area contributed by atoms with Gasteiger partial charge in [-0.25, -0.2) is 37.3 Å². The molecule has 0 spiro atoms. The van der Waals surface area contributed by atoms with Crippen molar-refractivity contribution in [3.05, 3.63) is 142 Å². The van der Waals surface area contributed by atoms with Gasteiger partial charge in [0, 0.05) is 12.6 Å². The normalized spacial score (nSPS) is 11.6. The average Bonchev–Trinajstić information content (AvgIpc) is 3.22. The molecule has 2 amide bonds. The molecular formula is C40H34Cl2F6I2N4O7. The summed E-state index contributed by atoms with van der Waals surface area (Å²) in [5.41, 5.74) is 1.07. The highest BCUT2D eigenvalue weighted by atomic mass is 127. The van der Waals surface area contributed by atoms with Crippen LogP contribution >= 0.6 is 68.4 Å². The van der Waals surface area contributed by atoms with Crippen LogP contribution in [-0.4, -0.2) is 54.6 Å². The van der Waals surface area contributed by atoms with Gasteiger partial charge in [0.15, 0.2) is 23.3 Å². The number of carbonyl (C=O) groups excluding carboxylic acids is 2. The minimum absolute atomic E-state index is 0.0405. The van der Waals surface area contributed by atoms with E-state index in [0.29, 0.717) is 12.9 Å². The quantitative estimate of drug-likeness (QED) is 0.0246. The fourth-order valence-electron chi connectivity index (χ4n) is 4.66. The number of hydroxylamine groups is 2. The molecule has 11 nitrogen and oxygen atoms in total. The van der Waals surface area contributed by atoms with Crippen molar-refractivity contribution in [3.63, 3.8) is 0 Å². The van der Waals surface area contributed by atoms with E-state index in [2.05, 4.69) is 16.1 Å². The second-order valence-corrected chi connectivity index (χ2v) is 16.7. The standard InChI is InChI=1S/C22H17ClF3IN2O4.C18H17ClF3IN2O3/c23-16-9-15(21(20(26)19(16)25)28-18-7-6-12(27)8-17(18)24)22(31)29-33-11-13(30)10-32-14-4-2-1-3-5-14;1-18(2,7-26)8-28-25-17(27)10-6-11(19)14(21)15(22)16(10)24-13-4-3-9(23)5-12(13)20/h1-9,13,28,30H,10-11H2,(H,29,31);3-6,24,26H,7-8H2,1-2H3,(H,25,27). The van der Waals surface area contributed by atoms with Crippen molar-refractivity contribution in [1.82, 2.24) is 11.0 Å². The number of hydrogen-bond donors (Lipinski definition) is 6. The molecule has 0 radical (unpaired) electrons. The zero-order valence-electron chi connectivity index (χ0n) is 31.6. The van der Waals surface area contributed by atoms with E-state index >= 15 is 0 Å². The van der Waals surface area contributed by atoms with Gasteiger partial charge in [0.05, 0.1) is 57.1 Å². The van der Waals surface area contributed by atoms with E-state index in [0.717, 1.165) is 12.1 Å². The Labute approximate surface area is 382 Å². The molecular weight excluding hydrogens is 1090 g/mol. The smallest absolute Gasteiger partial charge is 0.277 e. The number of rotatable bonds is 16. The number of benzene rings is 5. The molecule has 0 aliphatic rings. The van der Waals surface area contributed by atoms with Gasteiger partial charge in [0.25, 0.3) is 11.8 Å². The lowest BCUT2D eigenvalue weighted by molar-refractivity contribution is -0.0259. The molecule has 1 atom stereocenters. The summed E-state index contributed by atoms with van der Waals surface area (Å²) in [6.45, 7) is 2.68. The number of carbonyl (C=O) groups is 2. The van der Waals surface area contributed by atoms with Crippen molar-refractivity contribution in [2.75, 3.05) is 37.1 Å². The summed E-state index contributed by atoms with van der Waals surface area (Å²) >= 11 is 15.1. The number of halogens is 10. The molecule has 0 aliphatic heterocycles. The van der Waals surface area contributed by atoms with Gasteiger partial charge in [-0.2, -0.15) is 0 Å². The highest BCUT2D eigenvalue weighted by molar-refractivity contribution is 14.1. The van der Waals surface area contributed by atoms with Crippen LogP contribution < -0.4 is 26.3 Å². The van der Waals surface area contributed by atoms with E-state index in [1.165, 1.54) is 30.3 Å². The Morgan fingerprint density at radius 1 is 0.689 bits per heavy atom. The zero-order valence-corrected chi connectivity index (χ0v) is 37.5. The van der Waals surface area contributed by atoms with Crippen molar-refractivity contribution < 1.29 is 60.6 Å². The van der Waals surface area contributed by atoms with Crippen LogP contribution in [0.15, 0.2) is 78.9 Å². The van der Waals surface area contributed by atoms with E-state index in [-0.39, 0.29) is 43.4 Å². The Hall–Kier alpha value is -4.10. The van der Waals surface area contributed by atoms with Gasteiger partial charge < -0.3 is 25.6 Å². The maximum absolute atomic E-state index is 14.6. The van der Waals surface area contributed by atoms with Gasteiger partial charge in [-0.1, -0.05) is 55.2 Å². The summed E-state index contributed by atoms with van der Waals surface area (Å²) in [5, 5.41) is 22.6. The summed E-state index contributed by atoms with van der Waals surface area (Å²) in [4.78, 5) is 34.9. The molecule has 21 heteroatoms. The number of aliphatic hydroxyl groups excluding tert-OH is 2. The van der Waals surface area contributed by atoms with Crippen LogP contribution in [0.4, 0.5) is 49.1 Å². The Balaban J connectivity index is 0.000000272. The van der Waals surface area contributed by atoms with Crippen molar-refractivity contribution >= 4 is 103 Å². The maximum Gasteiger partial charge on any atom is 0.277 e. The number of hydrogen-bond acceptors (Lipinski definition) is 9. The monoisotopic (exact) mass is 1120 g/mol. The predicted molar refractivity (Wildman–Crippen MR) is 233 cm³/mol. The van der Waals surface area contributed by atoms with Gasteiger partial charge in [-0.3, -0.25) is 19.3 Å². The van der Waals surface area contributed by atoms with Crippen LogP contribution in [0.25, 0.3) is 0 Å². The Morgan fingerprint density at radius 3 is 1.59 bits per heavy atom. The van der Waals surface area contributed by atoms with E-state index in [4.69, 9.17) is 37.6 Å². The summed E-state index contributed by atoms with van der Waals surface area (Å²) in [5.74, 6) is -8.54. The lowest BCUT2D eigenvalue weighted by Crippen LogP contribution is -2.32. The molecule has 326 valence electrons. The summed E-state index contributed by atoms with van der Waals surface area (Å²) in [6, 6.07) is 18.6. The molecule has 0 heterocycles. The lowest BCUT2D eigenvalue weighted by Gasteiger charge is -2.21. The first-order chi connectivity index (χ1) is 28.8. The topological polar surface area (TPSA) is 150 Å². The predicted octanol–water partition coefficient (Wildman–Crippen LogP) is 9.99. The van der Waals surface area contributed by atoms with E-state index in [1.54, 1.807) is 44.2 Å². The highest BCUT2D eigenvalue weighted by Gasteiger charge is 2.26. The number of nitrogens with one attached hydrogen (secondary N) is 4. The molecule has 5 aromatic carbocycles. The van der Waals surface area contributed by atoms with E-state index < -0.39 is 85.2 Å². The summed E-state index contributed by atoms with van der Waals surface area (Å²) < 4.78 is 91.8.